The first-order valence-electron chi connectivity index (χ1n) is 6.34. The quantitative estimate of drug-likeness (QED) is 0.635. The fourth-order valence-electron chi connectivity index (χ4n) is 1.73. The number of nitrogens with zero attached hydrogens (tertiary/aromatic N) is 3. The molecular formula is C14H20N3OSi+. The van der Waals surface area contributed by atoms with Gasteiger partial charge in [0.1, 0.15) is 11.4 Å². The first-order valence-corrected chi connectivity index (χ1v) is 9.12. The topological polar surface area (TPSA) is 39.4 Å². The lowest BCUT2D eigenvalue weighted by Crippen LogP contribution is -2.11. The summed E-state index contributed by atoms with van der Waals surface area (Å²) in [5.41, 5.74) is 3.04. The minimum atomic E-state index is -1.13. The van der Waals surface area contributed by atoms with E-state index in [0.717, 1.165) is 17.0 Å². The molecule has 0 atom stereocenters. The minimum absolute atomic E-state index is 0. The van der Waals surface area contributed by atoms with Crippen molar-refractivity contribution in [1.29, 1.82) is 0 Å². The van der Waals surface area contributed by atoms with Crippen molar-refractivity contribution in [1.82, 2.24) is 9.78 Å². The molecule has 0 aliphatic rings. The standard InChI is InChI=1S/C14H19N3OSi/c1-11-5-6-13(14(7-11)18-19(3)4)15-8-12-9-16-17(2)10-12/h5-10,19H,1-4H3/p+1. The van der Waals surface area contributed by atoms with Crippen LogP contribution in [0, 0.1) is 6.92 Å². The number of benzene rings is 1. The molecule has 0 N–H and O–H groups in total. The molecule has 1 aromatic heterocycles. The molecule has 0 aliphatic carbocycles. The highest BCUT2D eigenvalue weighted by Gasteiger charge is 2.05. The third-order valence-corrected chi connectivity index (χ3v) is 3.28. The van der Waals surface area contributed by atoms with Crippen LogP contribution in [-0.4, -0.2) is 25.0 Å². The second kappa shape index (κ2) is 5.84. The summed E-state index contributed by atoms with van der Waals surface area (Å²) >= 11 is 0. The number of aliphatic imine (C=N–C) groups is 1. The Bertz CT molecular complexity index is 596. The van der Waals surface area contributed by atoms with Crippen molar-refractivity contribution in [3.8, 4) is 5.75 Å². The van der Waals surface area contributed by atoms with Gasteiger partial charge >= 0.3 is 1.43 Å². The average Bonchev–Trinajstić information content (AvgIpc) is 2.73. The van der Waals surface area contributed by atoms with E-state index in [4.69, 9.17) is 4.43 Å². The van der Waals surface area contributed by atoms with E-state index in [2.05, 4.69) is 30.1 Å². The largest absolute Gasteiger partial charge is 1.00 e. The maximum Gasteiger partial charge on any atom is 1.00 e. The SMILES string of the molecule is Cc1ccc(N=Cc2cnn(C)c2)c(O[SiH](C)C)c1.[H+]. The predicted octanol–water partition coefficient (Wildman–Crippen LogP) is 2.95. The third-order valence-electron chi connectivity index (χ3n) is 2.56. The highest BCUT2D eigenvalue weighted by Crippen LogP contribution is 2.29. The van der Waals surface area contributed by atoms with Gasteiger partial charge in [0.2, 0.25) is 9.04 Å². The fourth-order valence-corrected chi connectivity index (χ4v) is 2.42. The molecule has 19 heavy (non-hydrogen) atoms. The number of rotatable bonds is 4. The van der Waals surface area contributed by atoms with Crippen molar-refractivity contribution < 1.29 is 5.85 Å². The third kappa shape index (κ3) is 3.79. The Morgan fingerprint density at radius 3 is 2.84 bits per heavy atom. The molecule has 2 aromatic rings. The highest BCUT2D eigenvalue weighted by atomic mass is 28.3. The van der Waals surface area contributed by atoms with Crippen LogP contribution >= 0.6 is 0 Å². The predicted molar refractivity (Wildman–Crippen MR) is 82.3 cm³/mol. The van der Waals surface area contributed by atoms with E-state index in [-0.39, 0.29) is 1.43 Å². The maximum atomic E-state index is 5.92. The molecule has 0 spiro atoms. The number of aromatic nitrogens is 2. The molecule has 0 saturated heterocycles. The second-order valence-electron chi connectivity index (χ2n) is 4.84. The van der Waals surface area contributed by atoms with Crippen LogP contribution < -0.4 is 4.43 Å². The van der Waals surface area contributed by atoms with E-state index in [0.29, 0.717) is 0 Å². The Balaban J connectivity index is 0.00000200. The van der Waals surface area contributed by atoms with Gasteiger partial charge in [-0.2, -0.15) is 5.10 Å². The van der Waals surface area contributed by atoms with Gasteiger partial charge in [-0.05, 0) is 37.7 Å². The summed E-state index contributed by atoms with van der Waals surface area (Å²) in [6.45, 7) is 6.36. The van der Waals surface area contributed by atoms with Crippen LogP contribution in [0.25, 0.3) is 0 Å². The van der Waals surface area contributed by atoms with Crippen LogP contribution in [0.2, 0.25) is 13.1 Å². The average molecular weight is 274 g/mol. The van der Waals surface area contributed by atoms with Crippen LogP contribution in [0.5, 0.6) is 5.75 Å². The molecular weight excluding hydrogens is 254 g/mol. The Labute approximate surface area is 117 Å². The number of hydrogen-bond donors (Lipinski definition) is 0. The molecule has 100 valence electrons. The van der Waals surface area contributed by atoms with Gasteiger partial charge in [0.15, 0.2) is 0 Å². The molecule has 0 aliphatic heterocycles. The van der Waals surface area contributed by atoms with Crippen molar-refractivity contribution in [2.45, 2.75) is 20.0 Å². The smallest absolute Gasteiger partial charge is 0.546 e. The van der Waals surface area contributed by atoms with Gasteiger partial charge in [-0.15, -0.1) is 0 Å². The van der Waals surface area contributed by atoms with Crippen molar-refractivity contribution >= 4 is 20.9 Å². The fraction of sp³-hybridized carbons (Fsp3) is 0.286. The highest BCUT2D eigenvalue weighted by molar-refractivity contribution is 6.49. The Hall–Kier alpha value is -1.88. The van der Waals surface area contributed by atoms with Crippen molar-refractivity contribution in [3.05, 3.63) is 41.7 Å². The van der Waals surface area contributed by atoms with Gasteiger partial charge in [0, 0.05) is 25.0 Å². The van der Waals surface area contributed by atoms with Crippen LogP contribution in [0.1, 0.15) is 12.6 Å². The normalized spacial score (nSPS) is 11.4. The van der Waals surface area contributed by atoms with E-state index in [1.54, 1.807) is 10.9 Å². The number of aryl methyl sites for hydroxylation is 2. The molecule has 0 unspecified atom stereocenters. The molecule has 4 nitrogen and oxygen atoms in total. The summed E-state index contributed by atoms with van der Waals surface area (Å²) in [6.07, 6.45) is 5.53. The van der Waals surface area contributed by atoms with Crippen LogP contribution in [0.15, 0.2) is 35.6 Å². The van der Waals surface area contributed by atoms with E-state index in [1.165, 1.54) is 5.56 Å². The second-order valence-corrected chi connectivity index (χ2v) is 7.18. The van der Waals surface area contributed by atoms with Gasteiger partial charge in [0.05, 0.1) is 6.20 Å². The van der Waals surface area contributed by atoms with Gasteiger partial charge in [0.25, 0.3) is 0 Å². The molecule has 0 amide bonds. The zero-order chi connectivity index (χ0) is 13.8. The summed E-state index contributed by atoms with van der Waals surface area (Å²) in [5.74, 6) is 0.877. The van der Waals surface area contributed by atoms with E-state index < -0.39 is 9.04 Å². The first kappa shape index (κ1) is 13.5. The summed E-state index contributed by atoms with van der Waals surface area (Å²) in [4.78, 5) is 4.50. The molecule has 0 fully saturated rings. The van der Waals surface area contributed by atoms with Crippen LogP contribution in [-0.2, 0) is 7.05 Å². The molecule has 1 aromatic carbocycles. The summed E-state index contributed by atoms with van der Waals surface area (Å²) in [7, 11) is 0.760. The van der Waals surface area contributed by atoms with Crippen LogP contribution in [0.3, 0.4) is 0 Å². The molecule has 0 radical (unpaired) electrons. The Morgan fingerprint density at radius 2 is 2.21 bits per heavy atom. The minimum Gasteiger partial charge on any atom is -0.546 e. The molecule has 5 heteroatoms. The molecule has 2 rings (SSSR count). The van der Waals surface area contributed by atoms with E-state index in [1.807, 2.05) is 37.7 Å². The monoisotopic (exact) mass is 274 g/mol. The Morgan fingerprint density at radius 1 is 1.42 bits per heavy atom. The van der Waals surface area contributed by atoms with E-state index in [9.17, 15) is 0 Å². The Kier molecular flexibility index (Phi) is 4.16. The lowest BCUT2D eigenvalue weighted by Gasteiger charge is -2.12. The summed E-state index contributed by atoms with van der Waals surface area (Å²) in [6, 6.07) is 6.09. The molecule has 1 heterocycles. The lowest BCUT2D eigenvalue weighted by atomic mass is 10.2. The maximum absolute atomic E-state index is 5.92. The molecule has 0 bridgehead atoms. The van der Waals surface area contributed by atoms with Crippen molar-refractivity contribution in [2.24, 2.45) is 12.0 Å². The molecule has 0 saturated carbocycles. The van der Waals surface area contributed by atoms with Gasteiger partial charge in [-0.1, -0.05) is 6.07 Å². The first-order chi connectivity index (χ1) is 9.04. The van der Waals surface area contributed by atoms with Gasteiger partial charge in [-0.3, -0.25) is 9.67 Å². The summed E-state index contributed by atoms with van der Waals surface area (Å²) in [5, 5.41) is 4.11. The van der Waals surface area contributed by atoms with Crippen molar-refractivity contribution in [3.63, 3.8) is 0 Å². The van der Waals surface area contributed by atoms with E-state index >= 15 is 0 Å². The zero-order valence-electron chi connectivity index (χ0n) is 12.8. The van der Waals surface area contributed by atoms with Gasteiger partial charge < -0.3 is 4.43 Å². The van der Waals surface area contributed by atoms with Crippen molar-refractivity contribution in [2.75, 3.05) is 0 Å². The number of hydrogen-bond acceptors (Lipinski definition) is 3. The van der Waals surface area contributed by atoms with Crippen LogP contribution in [0.4, 0.5) is 5.69 Å². The summed E-state index contributed by atoms with van der Waals surface area (Å²) < 4.78 is 7.68. The lowest BCUT2D eigenvalue weighted by molar-refractivity contribution is 0.581. The zero-order valence-corrected chi connectivity index (χ0v) is 12.9. The van der Waals surface area contributed by atoms with Gasteiger partial charge in [-0.25, -0.2) is 0 Å².